The minimum Gasteiger partial charge on any atom is -0.276 e. The highest BCUT2D eigenvalue weighted by Crippen LogP contribution is 2.10. The van der Waals surface area contributed by atoms with Gasteiger partial charge in [0.05, 0.1) is 0 Å². The smallest absolute Gasteiger partial charge is 0.245 e. The average Bonchev–Trinajstić information content (AvgIpc) is 2.16. The summed E-state index contributed by atoms with van der Waals surface area (Å²) in [6, 6.07) is 8.15. The fourth-order valence-electron chi connectivity index (χ4n) is 1.40. The molecule has 1 nitrogen and oxygen atoms in total. The summed E-state index contributed by atoms with van der Waals surface area (Å²) in [6.07, 6.45) is 4.16. The van der Waals surface area contributed by atoms with Gasteiger partial charge in [0.2, 0.25) is 5.24 Å². The summed E-state index contributed by atoms with van der Waals surface area (Å²) >= 11 is 5.20. The highest BCUT2D eigenvalue weighted by molar-refractivity contribution is 6.66. The number of hydrogen-bond donors (Lipinski definition) is 0. The van der Waals surface area contributed by atoms with Crippen LogP contribution < -0.4 is 0 Å². The Bertz CT molecular complexity index is 349. The number of carbonyl (C=O) groups is 1. The van der Waals surface area contributed by atoms with Crippen LogP contribution in [0.3, 0.4) is 0 Å². The number of rotatable bonds is 4. The number of halogens is 1. The van der Waals surface area contributed by atoms with Gasteiger partial charge in [-0.25, -0.2) is 0 Å². The molecule has 0 amide bonds. The second kappa shape index (κ2) is 5.72. The number of carbonyl (C=O) groups excluding carboxylic acids is 1. The summed E-state index contributed by atoms with van der Waals surface area (Å²) in [4.78, 5) is 10.5. The minimum atomic E-state index is -0.443. The van der Waals surface area contributed by atoms with Crippen LogP contribution in [0, 0.1) is 5.92 Å². The molecule has 0 saturated heterocycles. The van der Waals surface area contributed by atoms with Crippen LogP contribution in [-0.2, 0) is 11.2 Å². The van der Waals surface area contributed by atoms with E-state index in [4.69, 9.17) is 11.6 Å². The van der Waals surface area contributed by atoms with Crippen molar-refractivity contribution in [1.29, 1.82) is 0 Å². The summed E-state index contributed by atoms with van der Waals surface area (Å²) in [5.41, 5.74) is 2.32. The van der Waals surface area contributed by atoms with Crippen molar-refractivity contribution in [3.8, 4) is 0 Å². The van der Waals surface area contributed by atoms with Gasteiger partial charge in [-0.2, -0.15) is 0 Å². The first-order valence-corrected chi connectivity index (χ1v) is 5.42. The van der Waals surface area contributed by atoms with E-state index in [2.05, 4.69) is 26.0 Å². The van der Waals surface area contributed by atoms with Crippen molar-refractivity contribution in [3.05, 3.63) is 41.5 Å². The van der Waals surface area contributed by atoms with E-state index in [0.717, 1.165) is 12.0 Å². The molecule has 0 N–H and O–H groups in total. The van der Waals surface area contributed by atoms with Crippen LogP contribution in [0.15, 0.2) is 30.3 Å². The van der Waals surface area contributed by atoms with Crippen LogP contribution in [0.1, 0.15) is 25.0 Å². The molecule has 0 spiro atoms. The standard InChI is InChI=1S/C13H15ClO/c1-10(2)9-12-5-3-11(4-6-12)7-8-13(14)15/h3-8,10H,9H2,1-2H3. The molecule has 0 aromatic heterocycles. The highest BCUT2D eigenvalue weighted by Gasteiger charge is 1.97. The highest BCUT2D eigenvalue weighted by atomic mass is 35.5. The topological polar surface area (TPSA) is 17.1 Å². The van der Waals surface area contributed by atoms with Crippen LogP contribution in [0.25, 0.3) is 6.08 Å². The normalized spacial score (nSPS) is 11.2. The van der Waals surface area contributed by atoms with Gasteiger partial charge in [0, 0.05) is 0 Å². The Morgan fingerprint density at radius 3 is 2.40 bits per heavy atom. The predicted octanol–water partition coefficient (Wildman–Crippen LogP) is 3.66. The molecule has 0 atom stereocenters. The lowest BCUT2D eigenvalue weighted by molar-refractivity contribution is -0.107. The SMILES string of the molecule is CC(C)Cc1ccc(C=CC(=O)Cl)cc1. The molecule has 0 saturated carbocycles. The largest absolute Gasteiger partial charge is 0.276 e. The maximum Gasteiger partial charge on any atom is 0.245 e. The lowest BCUT2D eigenvalue weighted by atomic mass is 10.0. The minimum absolute atomic E-state index is 0.443. The second-order valence-corrected chi connectivity index (χ2v) is 4.35. The number of hydrogen-bond acceptors (Lipinski definition) is 1. The Labute approximate surface area is 95.8 Å². The van der Waals surface area contributed by atoms with Crippen LogP contribution >= 0.6 is 11.6 Å². The van der Waals surface area contributed by atoms with Crippen molar-refractivity contribution in [2.75, 3.05) is 0 Å². The van der Waals surface area contributed by atoms with E-state index in [9.17, 15) is 4.79 Å². The predicted molar refractivity (Wildman–Crippen MR) is 64.9 cm³/mol. The zero-order valence-electron chi connectivity index (χ0n) is 9.03. The Balaban J connectivity index is 2.68. The Morgan fingerprint density at radius 1 is 1.33 bits per heavy atom. The van der Waals surface area contributed by atoms with E-state index >= 15 is 0 Å². The molecular weight excluding hydrogens is 208 g/mol. The first-order valence-electron chi connectivity index (χ1n) is 5.04. The zero-order chi connectivity index (χ0) is 11.3. The van der Waals surface area contributed by atoms with Crippen molar-refractivity contribution >= 4 is 22.9 Å². The van der Waals surface area contributed by atoms with Crippen LogP contribution in [0.2, 0.25) is 0 Å². The van der Waals surface area contributed by atoms with Gasteiger partial charge < -0.3 is 0 Å². The van der Waals surface area contributed by atoms with Crippen LogP contribution in [-0.4, -0.2) is 5.24 Å². The fourth-order valence-corrected chi connectivity index (χ4v) is 1.46. The van der Waals surface area contributed by atoms with Crippen molar-refractivity contribution in [3.63, 3.8) is 0 Å². The molecule has 2 heteroatoms. The Kier molecular flexibility index (Phi) is 4.57. The van der Waals surface area contributed by atoms with E-state index in [1.54, 1.807) is 6.08 Å². The van der Waals surface area contributed by atoms with Crippen molar-refractivity contribution in [2.45, 2.75) is 20.3 Å². The van der Waals surface area contributed by atoms with Gasteiger partial charge in [0.1, 0.15) is 0 Å². The molecule has 0 aliphatic heterocycles. The molecule has 1 rings (SSSR count). The number of allylic oxidation sites excluding steroid dienone is 1. The summed E-state index contributed by atoms with van der Waals surface area (Å²) in [5.74, 6) is 0.663. The Morgan fingerprint density at radius 2 is 1.93 bits per heavy atom. The van der Waals surface area contributed by atoms with E-state index in [1.807, 2.05) is 12.1 Å². The lowest BCUT2D eigenvalue weighted by Crippen LogP contribution is -1.93. The number of benzene rings is 1. The van der Waals surface area contributed by atoms with Crippen molar-refractivity contribution in [1.82, 2.24) is 0 Å². The molecule has 1 aromatic rings. The van der Waals surface area contributed by atoms with Gasteiger partial charge in [-0.3, -0.25) is 4.79 Å². The molecule has 0 aliphatic carbocycles. The second-order valence-electron chi connectivity index (χ2n) is 3.98. The summed E-state index contributed by atoms with van der Waals surface area (Å²) < 4.78 is 0. The molecule has 0 unspecified atom stereocenters. The maximum atomic E-state index is 10.5. The third kappa shape index (κ3) is 4.80. The molecule has 80 valence electrons. The van der Waals surface area contributed by atoms with Crippen molar-refractivity contribution in [2.24, 2.45) is 5.92 Å². The van der Waals surface area contributed by atoms with Crippen molar-refractivity contribution < 1.29 is 4.79 Å². The molecule has 0 radical (unpaired) electrons. The van der Waals surface area contributed by atoms with Gasteiger partial charge in [0.25, 0.3) is 0 Å². The zero-order valence-corrected chi connectivity index (χ0v) is 9.79. The molecule has 0 bridgehead atoms. The average molecular weight is 223 g/mol. The monoisotopic (exact) mass is 222 g/mol. The third-order valence-electron chi connectivity index (χ3n) is 2.03. The molecule has 15 heavy (non-hydrogen) atoms. The lowest BCUT2D eigenvalue weighted by Gasteiger charge is -2.04. The van der Waals surface area contributed by atoms with Crippen LogP contribution in [0.4, 0.5) is 0 Å². The van der Waals surface area contributed by atoms with E-state index in [1.165, 1.54) is 11.6 Å². The molecule has 0 fully saturated rings. The van der Waals surface area contributed by atoms with Gasteiger partial charge in [-0.05, 0) is 41.1 Å². The summed E-state index contributed by atoms with van der Waals surface area (Å²) in [7, 11) is 0. The first-order chi connectivity index (χ1) is 7.08. The van der Waals surface area contributed by atoms with Gasteiger partial charge >= 0.3 is 0 Å². The summed E-state index contributed by atoms with van der Waals surface area (Å²) in [6.45, 7) is 4.39. The van der Waals surface area contributed by atoms with E-state index in [-0.39, 0.29) is 0 Å². The first kappa shape index (κ1) is 12.0. The fraction of sp³-hybridized carbons (Fsp3) is 0.308. The molecule has 0 aliphatic rings. The quantitative estimate of drug-likeness (QED) is 0.561. The third-order valence-corrected chi connectivity index (χ3v) is 2.16. The molecule has 0 heterocycles. The summed E-state index contributed by atoms with van der Waals surface area (Å²) in [5, 5.41) is -0.443. The molecule has 1 aromatic carbocycles. The van der Waals surface area contributed by atoms with Crippen LogP contribution in [0.5, 0.6) is 0 Å². The molecular formula is C13H15ClO. The van der Waals surface area contributed by atoms with E-state index < -0.39 is 5.24 Å². The van der Waals surface area contributed by atoms with Gasteiger partial charge in [0.15, 0.2) is 0 Å². The van der Waals surface area contributed by atoms with Gasteiger partial charge in [-0.15, -0.1) is 0 Å². The Hall–Kier alpha value is -1.08. The van der Waals surface area contributed by atoms with E-state index in [0.29, 0.717) is 5.92 Å². The van der Waals surface area contributed by atoms with Gasteiger partial charge in [-0.1, -0.05) is 44.2 Å². The maximum absolute atomic E-state index is 10.5.